The Kier molecular flexibility index (Phi) is 4.65. The molecule has 0 unspecified atom stereocenters. The first-order chi connectivity index (χ1) is 10.3. The SMILES string of the molecule is COC(=O)CC(C)(C)CC(=O)Nc1ccc2[nH]c(=S)[nH]c2c1. The average Bonchev–Trinajstić information content (AvgIpc) is 2.76. The van der Waals surface area contributed by atoms with Crippen molar-refractivity contribution in [2.24, 2.45) is 5.41 Å². The quantitative estimate of drug-likeness (QED) is 0.583. The van der Waals surface area contributed by atoms with Crippen LogP contribution in [-0.2, 0) is 14.3 Å². The van der Waals surface area contributed by atoms with Crippen molar-refractivity contribution in [3.63, 3.8) is 0 Å². The fraction of sp³-hybridized carbons (Fsp3) is 0.400. The van der Waals surface area contributed by atoms with Crippen LogP contribution in [0.3, 0.4) is 0 Å². The minimum Gasteiger partial charge on any atom is -0.469 e. The van der Waals surface area contributed by atoms with Gasteiger partial charge in [-0.05, 0) is 35.8 Å². The Labute approximate surface area is 133 Å². The van der Waals surface area contributed by atoms with Crippen molar-refractivity contribution in [1.82, 2.24) is 9.97 Å². The van der Waals surface area contributed by atoms with Crippen molar-refractivity contribution in [2.45, 2.75) is 26.7 Å². The van der Waals surface area contributed by atoms with Gasteiger partial charge in [0.15, 0.2) is 4.77 Å². The Hall–Kier alpha value is -2.15. The van der Waals surface area contributed by atoms with Gasteiger partial charge in [-0.2, -0.15) is 0 Å². The Morgan fingerprint density at radius 3 is 2.59 bits per heavy atom. The molecule has 3 N–H and O–H groups in total. The van der Waals surface area contributed by atoms with Gasteiger partial charge in [0.25, 0.3) is 0 Å². The first-order valence-corrected chi connectivity index (χ1v) is 7.29. The Morgan fingerprint density at radius 1 is 1.23 bits per heavy atom. The molecule has 1 aromatic carbocycles. The summed E-state index contributed by atoms with van der Waals surface area (Å²) in [7, 11) is 1.34. The van der Waals surface area contributed by atoms with E-state index in [2.05, 4.69) is 20.0 Å². The van der Waals surface area contributed by atoms with Gasteiger partial charge >= 0.3 is 5.97 Å². The van der Waals surface area contributed by atoms with E-state index >= 15 is 0 Å². The topological polar surface area (TPSA) is 87.0 Å². The highest BCUT2D eigenvalue weighted by atomic mass is 32.1. The molecule has 1 amide bonds. The summed E-state index contributed by atoms with van der Waals surface area (Å²) in [5, 5.41) is 2.83. The van der Waals surface area contributed by atoms with E-state index in [0.29, 0.717) is 10.5 Å². The number of H-pyrrole nitrogens is 2. The lowest BCUT2D eigenvalue weighted by molar-refractivity contribution is -0.143. The van der Waals surface area contributed by atoms with Crippen LogP contribution in [-0.4, -0.2) is 29.0 Å². The van der Waals surface area contributed by atoms with Gasteiger partial charge in [-0.3, -0.25) is 9.59 Å². The zero-order valence-corrected chi connectivity index (χ0v) is 13.6. The number of nitrogens with one attached hydrogen (secondary N) is 3. The van der Waals surface area contributed by atoms with Crippen molar-refractivity contribution >= 4 is 40.8 Å². The minimum absolute atomic E-state index is 0.151. The Bertz CT molecular complexity index is 761. The predicted octanol–water partition coefficient (Wildman–Crippen LogP) is 3.14. The van der Waals surface area contributed by atoms with Crippen molar-refractivity contribution in [3.8, 4) is 0 Å². The molecule has 1 heterocycles. The van der Waals surface area contributed by atoms with Gasteiger partial charge in [-0.25, -0.2) is 0 Å². The van der Waals surface area contributed by atoms with Crippen molar-refractivity contribution in [2.75, 3.05) is 12.4 Å². The summed E-state index contributed by atoms with van der Waals surface area (Å²) >= 11 is 5.03. The molecule has 0 fully saturated rings. The van der Waals surface area contributed by atoms with Crippen LogP contribution in [0.2, 0.25) is 0 Å². The molecule has 0 radical (unpaired) electrons. The third kappa shape index (κ3) is 4.17. The molecular weight excluding hydrogens is 302 g/mol. The number of imidazole rings is 1. The number of methoxy groups -OCH3 is 1. The maximum atomic E-state index is 12.1. The second-order valence-electron chi connectivity index (χ2n) is 5.98. The van der Waals surface area contributed by atoms with Gasteiger partial charge in [0, 0.05) is 12.1 Å². The first-order valence-electron chi connectivity index (χ1n) is 6.88. The summed E-state index contributed by atoms with van der Waals surface area (Å²) < 4.78 is 5.19. The molecule has 6 nitrogen and oxygen atoms in total. The normalized spacial score (nSPS) is 11.4. The van der Waals surface area contributed by atoms with Crippen molar-refractivity contribution in [3.05, 3.63) is 23.0 Å². The van der Waals surface area contributed by atoms with Crippen molar-refractivity contribution < 1.29 is 14.3 Å². The first kappa shape index (κ1) is 16.2. The summed E-state index contributed by atoms with van der Waals surface area (Å²) in [5.74, 6) is -0.471. The van der Waals surface area contributed by atoms with Gasteiger partial charge in [-0.15, -0.1) is 0 Å². The summed E-state index contributed by atoms with van der Waals surface area (Å²) in [6.45, 7) is 3.71. The van der Waals surface area contributed by atoms with E-state index in [9.17, 15) is 9.59 Å². The number of hydrogen-bond donors (Lipinski definition) is 3. The number of anilines is 1. The fourth-order valence-electron chi connectivity index (χ4n) is 2.28. The zero-order valence-electron chi connectivity index (χ0n) is 12.8. The highest BCUT2D eigenvalue weighted by Crippen LogP contribution is 2.26. The van der Waals surface area contributed by atoms with Crippen LogP contribution in [0.5, 0.6) is 0 Å². The number of fused-ring (bicyclic) bond motifs is 1. The largest absolute Gasteiger partial charge is 0.469 e. The van der Waals surface area contributed by atoms with Gasteiger partial charge in [0.2, 0.25) is 5.91 Å². The molecule has 0 spiro atoms. The van der Waals surface area contributed by atoms with E-state index in [4.69, 9.17) is 12.2 Å². The second-order valence-corrected chi connectivity index (χ2v) is 6.39. The highest BCUT2D eigenvalue weighted by molar-refractivity contribution is 7.71. The van der Waals surface area contributed by atoms with E-state index in [1.165, 1.54) is 7.11 Å². The van der Waals surface area contributed by atoms with Crippen LogP contribution in [0.15, 0.2) is 18.2 Å². The number of rotatable bonds is 5. The van der Waals surface area contributed by atoms with E-state index in [0.717, 1.165) is 11.0 Å². The van der Waals surface area contributed by atoms with Crippen LogP contribution in [0.1, 0.15) is 26.7 Å². The van der Waals surface area contributed by atoms with Crippen LogP contribution in [0, 0.1) is 10.2 Å². The zero-order chi connectivity index (χ0) is 16.3. The molecule has 0 saturated carbocycles. The number of aromatic nitrogens is 2. The molecule has 118 valence electrons. The summed E-state index contributed by atoms with van der Waals surface area (Å²) in [6.07, 6.45) is 0.421. The molecule has 0 aliphatic rings. The number of hydrogen-bond acceptors (Lipinski definition) is 4. The maximum Gasteiger partial charge on any atom is 0.306 e. The Balaban J connectivity index is 2.03. The van der Waals surface area contributed by atoms with Gasteiger partial charge < -0.3 is 20.0 Å². The van der Waals surface area contributed by atoms with E-state index in [-0.39, 0.29) is 24.7 Å². The van der Waals surface area contributed by atoms with Crippen LogP contribution in [0.25, 0.3) is 11.0 Å². The summed E-state index contributed by atoms with van der Waals surface area (Å²) in [5.41, 5.74) is 1.93. The number of ether oxygens (including phenoxy) is 1. The predicted molar refractivity (Wildman–Crippen MR) is 87.1 cm³/mol. The maximum absolute atomic E-state index is 12.1. The number of aromatic amines is 2. The van der Waals surface area contributed by atoms with Crippen LogP contribution in [0.4, 0.5) is 5.69 Å². The molecule has 0 atom stereocenters. The van der Waals surface area contributed by atoms with E-state index < -0.39 is 5.41 Å². The lowest BCUT2D eigenvalue weighted by Gasteiger charge is -2.22. The molecule has 7 heteroatoms. The standard InChI is InChI=1S/C15H19N3O3S/c1-15(2,8-13(20)21-3)7-12(19)16-9-4-5-10-11(6-9)18-14(22)17-10/h4-6H,7-8H2,1-3H3,(H,16,19)(H2,17,18,22). The minimum atomic E-state index is -0.463. The summed E-state index contributed by atoms with van der Waals surface area (Å²) in [4.78, 5) is 29.5. The number of carbonyl (C=O) groups is 2. The smallest absolute Gasteiger partial charge is 0.306 e. The van der Waals surface area contributed by atoms with Gasteiger partial charge in [0.05, 0.1) is 24.6 Å². The second kappa shape index (κ2) is 6.31. The number of benzene rings is 1. The van der Waals surface area contributed by atoms with Gasteiger partial charge in [0.1, 0.15) is 0 Å². The number of esters is 1. The van der Waals surface area contributed by atoms with Crippen molar-refractivity contribution in [1.29, 1.82) is 0 Å². The highest BCUT2D eigenvalue weighted by Gasteiger charge is 2.25. The molecule has 22 heavy (non-hydrogen) atoms. The molecule has 1 aromatic heterocycles. The van der Waals surface area contributed by atoms with Crippen LogP contribution < -0.4 is 5.32 Å². The monoisotopic (exact) mass is 321 g/mol. The molecule has 2 rings (SSSR count). The number of amides is 1. The molecule has 2 aromatic rings. The molecule has 0 aliphatic heterocycles. The van der Waals surface area contributed by atoms with E-state index in [1.54, 1.807) is 6.07 Å². The lowest BCUT2D eigenvalue weighted by atomic mass is 9.85. The molecule has 0 bridgehead atoms. The third-order valence-corrected chi connectivity index (χ3v) is 3.49. The van der Waals surface area contributed by atoms with Crippen LogP contribution >= 0.6 is 12.2 Å². The fourth-order valence-corrected chi connectivity index (χ4v) is 2.50. The molecular formula is C15H19N3O3S. The average molecular weight is 321 g/mol. The molecule has 0 saturated heterocycles. The number of carbonyl (C=O) groups excluding carboxylic acids is 2. The Morgan fingerprint density at radius 2 is 1.91 bits per heavy atom. The van der Waals surface area contributed by atoms with Gasteiger partial charge in [-0.1, -0.05) is 13.8 Å². The summed E-state index contributed by atoms with van der Waals surface area (Å²) in [6, 6.07) is 5.45. The third-order valence-electron chi connectivity index (χ3n) is 3.29. The lowest BCUT2D eigenvalue weighted by Crippen LogP contribution is -2.25. The van der Waals surface area contributed by atoms with E-state index in [1.807, 2.05) is 26.0 Å². The molecule has 0 aliphatic carbocycles.